The predicted octanol–water partition coefficient (Wildman–Crippen LogP) is 10.4. The van der Waals surface area contributed by atoms with Crippen LogP contribution in [0.15, 0.2) is 182 Å². The van der Waals surface area contributed by atoms with Gasteiger partial charge in [-0.05, 0) is 104 Å². The minimum absolute atomic E-state index is 0.105. The first-order chi connectivity index (χ1) is 28.1. The topological polar surface area (TPSA) is 97.4 Å². The minimum atomic E-state index is 0.105. The summed E-state index contributed by atoms with van der Waals surface area (Å²) in [5.74, 6) is 2.02. The minimum Gasteiger partial charge on any atom is -0.506 e. The fourth-order valence-electron chi connectivity index (χ4n) is 7.54. The van der Waals surface area contributed by atoms with E-state index in [1.807, 2.05) is 109 Å². The van der Waals surface area contributed by atoms with Crippen LogP contribution < -0.4 is 14.5 Å². The van der Waals surface area contributed by atoms with Crippen molar-refractivity contribution in [1.82, 2.24) is 30.0 Å². The fraction of sp³-hybridized carbons (Fsp3) is 0.0638. The van der Waals surface area contributed by atoms with Crippen LogP contribution in [0.25, 0.3) is 33.9 Å². The van der Waals surface area contributed by atoms with Crippen molar-refractivity contribution in [1.29, 1.82) is 0 Å². The molecule has 0 amide bonds. The SMILES string of the molecule is Cc1ccccc1N(c1ccc(-c2cn(-c3ccc(-n4cc(-c5ccc(N6c7ccccc7OC7=CC=CCC76)cc5)nn4)cc3)nn2)cc1)c1ccccc1O. The van der Waals surface area contributed by atoms with E-state index in [1.165, 1.54) is 0 Å². The summed E-state index contributed by atoms with van der Waals surface area (Å²) in [6.07, 6.45) is 11.0. The van der Waals surface area contributed by atoms with Crippen molar-refractivity contribution < 1.29 is 9.84 Å². The molecular weight excluding hydrogens is 709 g/mol. The molecule has 8 aromatic rings. The lowest BCUT2D eigenvalue weighted by Crippen LogP contribution is -2.38. The Kier molecular flexibility index (Phi) is 8.41. The number of aromatic nitrogens is 6. The van der Waals surface area contributed by atoms with Crippen LogP contribution in [0.1, 0.15) is 12.0 Å². The number of allylic oxidation sites excluding steroid dienone is 2. The van der Waals surface area contributed by atoms with Gasteiger partial charge in [0.1, 0.15) is 22.9 Å². The van der Waals surface area contributed by atoms with Crippen molar-refractivity contribution in [2.75, 3.05) is 9.80 Å². The number of anilines is 5. The van der Waals surface area contributed by atoms with Crippen LogP contribution in [0.4, 0.5) is 28.4 Å². The van der Waals surface area contributed by atoms with Crippen molar-refractivity contribution in [3.05, 3.63) is 188 Å². The third kappa shape index (κ3) is 6.28. The maximum Gasteiger partial charge on any atom is 0.150 e. The largest absolute Gasteiger partial charge is 0.506 e. The highest BCUT2D eigenvalue weighted by molar-refractivity contribution is 5.82. The summed E-state index contributed by atoms with van der Waals surface area (Å²) in [7, 11) is 0. The number of fused-ring (bicyclic) bond motifs is 2. The van der Waals surface area contributed by atoms with Crippen molar-refractivity contribution in [2.45, 2.75) is 19.4 Å². The zero-order chi connectivity index (χ0) is 38.3. The van der Waals surface area contributed by atoms with Gasteiger partial charge < -0.3 is 19.6 Å². The Morgan fingerprint density at radius 3 is 1.88 bits per heavy atom. The number of nitrogens with zero attached hydrogens (tertiary/aromatic N) is 8. The van der Waals surface area contributed by atoms with E-state index in [-0.39, 0.29) is 11.8 Å². The molecular formula is C47H36N8O2. The average molecular weight is 745 g/mol. The molecule has 1 aliphatic heterocycles. The summed E-state index contributed by atoms with van der Waals surface area (Å²) >= 11 is 0. The Labute approximate surface area is 329 Å². The van der Waals surface area contributed by atoms with Crippen molar-refractivity contribution in [2.24, 2.45) is 0 Å². The normalized spacial score (nSPS) is 14.4. The summed E-state index contributed by atoms with van der Waals surface area (Å²) in [4.78, 5) is 4.41. The number of phenols is 1. The summed E-state index contributed by atoms with van der Waals surface area (Å²) in [6, 6.07) is 48.3. The van der Waals surface area contributed by atoms with E-state index in [4.69, 9.17) is 4.74 Å². The van der Waals surface area contributed by atoms with Gasteiger partial charge in [0.05, 0.1) is 41.2 Å². The molecule has 2 aromatic heterocycles. The predicted molar refractivity (Wildman–Crippen MR) is 223 cm³/mol. The second-order valence-corrected chi connectivity index (χ2v) is 14.0. The summed E-state index contributed by atoms with van der Waals surface area (Å²) in [5, 5.41) is 28.7. The zero-order valence-corrected chi connectivity index (χ0v) is 31.0. The molecule has 6 aromatic carbocycles. The average Bonchev–Trinajstić information content (AvgIpc) is 3.97. The quantitative estimate of drug-likeness (QED) is 0.164. The van der Waals surface area contributed by atoms with E-state index in [0.29, 0.717) is 5.69 Å². The lowest BCUT2D eigenvalue weighted by atomic mass is 10.00. The Bertz CT molecular complexity index is 2740. The first-order valence-corrected chi connectivity index (χ1v) is 18.8. The highest BCUT2D eigenvalue weighted by Crippen LogP contribution is 2.45. The van der Waals surface area contributed by atoms with Gasteiger partial charge >= 0.3 is 0 Å². The number of aryl methyl sites for hydroxylation is 1. The van der Waals surface area contributed by atoms with Gasteiger partial charge in [0.2, 0.25) is 0 Å². The Morgan fingerprint density at radius 2 is 1.21 bits per heavy atom. The van der Waals surface area contributed by atoms with Gasteiger partial charge in [-0.1, -0.05) is 89.3 Å². The second-order valence-electron chi connectivity index (χ2n) is 14.0. The second kappa shape index (κ2) is 14.2. The van der Waals surface area contributed by atoms with E-state index in [9.17, 15) is 5.11 Å². The van der Waals surface area contributed by atoms with E-state index in [0.717, 1.165) is 80.1 Å². The number of benzene rings is 6. The van der Waals surface area contributed by atoms with Crippen LogP contribution >= 0.6 is 0 Å². The Hall–Kier alpha value is -7.72. The number of rotatable bonds is 8. The molecule has 1 unspecified atom stereocenters. The summed E-state index contributed by atoms with van der Waals surface area (Å²) in [6.45, 7) is 2.07. The standard InChI is InChI=1S/C47H36N8O2/c1-32-10-2-3-11-41(32)54(42-12-4-7-15-45(42)56)37-22-18-33(19-23-37)39-30-52(50-48-39)35-26-28-36(29-27-35)53-31-40(49-51-53)34-20-24-38(25-21-34)55-43-13-5-8-16-46(43)57-47-17-9-6-14-44(47)55/h2-13,15-31,44,56H,14H2,1H3. The number of phenolic OH excluding ortho intramolecular Hbond substituents is 1. The number of ether oxygens (including phenoxy) is 1. The molecule has 10 nitrogen and oxygen atoms in total. The molecule has 1 aliphatic carbocycles. The highest BCUT2D eigenvalue weighted by Gasteiger charge is 2.33. The van der Waals surface area contributed by atoms with E-state index < -0.39 is 0 Å². The molecule has 2 aliphatic rings. The fourth-order valence-corrected chi connectivity index (χ4v) is 7.54. The van der Waals surface area contributed by atoms with E-state index >= 15 is 0 Å². The first-order valence-electron chi connectivity index (χ1n) is 18.8. The van der Waals surface area contributed by atoms with Crippen LogP contribution in [0, 0.1) is 6.92 Å². The van der Waals surface area contributed by atoms with Gasteiger partial charge in [-0.2, -0.15) is 0 Å². The molecule has 10 rings (SSSR count). The van der Waals surface area contributed by atoms with Crippen molar-refractivity contribution >= 4 is 28.4 Å². The molecule has 10 heteroatoms. The van der Waals surface area contributed by atoms with Gasteiger partial charge in [0.15, 0.2) is 5.75 Å². The van der Waals surface area contributed by atoms with E-state index in [1.54, 1.807) is 15.4 Å². The number of hydrogen-bond acceptors (Lipinski definition) is 8. The van der Waals surface area contributed by atoms with Crippen LogP contribution in [-0.4, -0.2) is 41.1 Å². The van der Waals surface area contributed by atoms with E-state index in [2.05, 4.69) is 98.0 Å². The van der Waals surface area contributed by atoms with Gasteiger partial charge in [-0.3, -0.25) is 0 Å². The monoisotopic (exact) mass is 744 g/mol. The molecule has 3 heterocycles. The van der Waals surface area contributed by atoms with Crippen LogP contribution in [0.5, 0.6) is 11.5 Å². The molecule has 0 radical (unpaired) electrons. The summed E-state index contributed by atoms with van der Waals surface area (Å²) < 4.78 is 9.79. The third-order valence-electron chi connectivity index (χ3n) is 10.5. The lowest BCUT2D eigenvalue weighted by molar-refractivity contribution is 0.360. The Morgan fingerprint density at radius 1 is 0.632 bits per heavy atom. The van der Waals surface area contributed by atoms with Gasteiger partial charge in [0, 0.05) is 28.2 Å². The molecule has 0 spiro atoms. The van der Waals surface area contributed by atoms with Gasteiger partial charge in [0.25, 0.3) is 0 Å². The molecule has 276 valence electrons. The number of hydrogen-bond donors (Lipinski definition) is 1. The molecule has 0 saturated carbocycles. The molecule has 57 heavy (non-hydrogen) atoms. The maximum atomic E-state index is 10.8. The van der Waals surface area contributed by atoms with Gasteiger partial charge in [-0.25, -0.2) is 9.36 Å². The summed E-state index contributed by atoms with van der Waals surface area (Å²) in [5.41, 5.74) is 11.0. The molecule has 0 bridgehead atoms. The van der Waals surface area contributed by atoms with Crippen molar-refractivity contribution in [3.63, 3.8) is 0 Å². The number of para-hydroxylation sites is 5. The van der Waals surface area contributed by atoms with Crippen LogP contribution in [0.2, 0.25) is 0 Å². The molecule has 0 fully saturated rings. The molecule has 1 N–H and O–H groups in total. The van der Waals surface area contributed by atoms with Gasteiger partial charge in [-0.15, -0.1) is 10.2 Å². The maximum absolute atomic E-state index is 10.8. The van der Waals surface area contributed by atoms with Crippen LogP contribution in [-0.2, 0) is 0 Å². The lowest BCUT2D eigenvalue weighted by Gasteiger charge is -2.40. The van der Waals surface area contributed by atoms with Crippen molar-refractivity contribution in [3.8, 4) is 45.4 Å². The smallest absolute Gasteiger partial charge is 0.150 e. The zero-order valence-electron chi connectivity index (χ0n) is 31.0. The molecule has 1 atom stereocenters. The third-order valence-corrected chi connectivity index (χ3v) is 10.5. The first kappa shape index (κ1) is 33.8. The highest BCUT2D eigenvalue weighted by atomic mass is 16.5. The Balaban J connectivity index is 0.851. The van der Waals surface area contributed by atoms with Crippen LogP contribution in [0.3, 0.4) is 0 Å². The number of aromatic hydroxyl groups is 1. The molecule has 0 saturated heterocycles.